The van der Waals surface area contributed by atoms with Gasteiger partial charge in [-0.05, 0) is 55.3 Å². The number of ether oxygens (including phenoxy) is 1. The smallest absolute Gasteiger partial charge is 0.368 e. The molecule has 1 saturated heterocycles. The van der Waals surface area contributed by atoms with Crippen molar-refractivity contribution in [2.24, 2.45) is 10.4 Å². The Kier molecular flexibility index (Phi) is 5.54. The lowest BCUT2D eigenvalue weighted by Crippen LogP contribution is -2.65. The van der Waals surface area contributed by atoms with Crippen molar-refractivity contribution in [2.75, 3.05) is 13.7 Å². The lowest BCUT2D eigenvalue weighted by molar-refractivity contribution is -0.137. The third-order valence-electron chi connectivity index (χ3n) is 7.96. The zero-order valence-electron chi connectivity index (χ0n) is 21.2. The van der Waals surface area contributed by atoms with Gasteiger partial charge < -0.3 is 10.1 Å². The molecule has 202 valence electrons. The third kappa shape index (κ3) is 3.72. The molecular formula is C28H24ClF3N4O3. The molecule has 11 heteroatoms. The minimum absolute atomic E-state index is 0.197. The first-order valence-electron chi connectivity index (χ1n) is 12.3. The van der Waals surface area contributed by atoms with E-state index >= 15 is 0 Å². The zero-order valence-corrected chi connectivity index (χ0v) is 22.0. The van der Waals surface area contributed by atoms with Crippen molar-refractivity contribution < 1.29 is 27.5 Å². The van der Waals surface area contributed by atoms with Crippen LogP contribution in [0, 0.1) is 5.41 Å². The molecule has 4 aliphatic rings. The predicted octanol–water partition coefficient (Wildman–Crippen LogP) is 5.61. The van der Waals surface area contributed by atoms with Gasteiger partial charge in [0.25, 0.3) is 0 Å². The van der Waals surface area contributed by atoms with E-state index in [2.05, 4.69) is 5.32 Å². The van der Waals surface area contributed by atoms with Crippen LogP contribution in [0.15, 0.2) is 77.1 Å². The quantitative estimate of drug-likeness (QED) is 0.499. The van der Waals surface area contributed by atoms with E-state index in [1.165, 1.54) is 24.1 Å². The molecule has 0 saturated carbocycles. The van der Waals surface area contributed by atoms with E-state index in [0.717, 1.165) is 12.1 Å². The summed E-state index contributed by atoms with van der Waals surface area (Å²) in [5.41, 5.74) is -0.502. The van der Waals surface area contributed by atoms with Crippen molar-refractivity contribution >= 4 is 29.4 Å². The molecule has 1 N–H and O–H groups in total. The number of carbonyl (C=O) groups excluding carboxylic acids is 2. The lowest BCUT2D eigenvalue weighted by atomic mass is 9.72. The minimum atomic E-state index is -4.49. The molecule has 0 radical (unpaired) electrons. The maximum absolute atomic E-state index is 14.2. The Balaban J connectivity index is 1.56. The van der Waals surface area contributed by atoms with E-state index in [0.29, 0.717) is 33.4 Å². The topological polar surface area (TPSA) is 74.2 Å². The first-order valence-corrected chi connectivity index (χ1v) is 12.7. The van der Waals surface area contributed by atoms with Gasteiger partial charge in [-0.3, -0.25) is 19.6 Å². The van der Waals surface area contributed by atoms with Crippen LogP contribution >= 0.6 is 11.6 Å². The number of aliphatic imine (C=N–C) groups is 1. The number of rotatable bonds is 3. The highest BCUT2D eigenvalue weighted by atomic mass is 35.5. The van der Waals surface area contributed by atoms with Crippen molar-refractivity contribution in [2.45, 2.75) is 37.7 Å². The van der Waals surface area contributed by atoms with E-state index in [1.54, 1.807) is 36.1 Å². The van der Waals surface area contributed by atoms with Crippen LogP contribution in [-0.2, 0) is 15.7 Å². The summed E-state index contributed by atoms with van der Waals surface area (Å²) in [4.78, 5) is 35.0. The number of fused-ring (bicyclic) bond motifs is 2. The molecule has 2 aromatic rings. The summed E-state index contributed by atoms with van der Waals surface area (Å²) in [6.07, 6.45) is -0.756. The number of nitrogens with one attached hydrogen (secondary N) is 1. The number of carbonyl (C=O) groups is 2. The first kappa shape index (κ1) is 25.6. The SMILES string of the molecule is COC1(C)C=CC2(C)C3=NC(c4ccc(C(F)(F)F)cc4)C(c4cccc(Cl)c4)N3C(=O)N3CC(=O)NC1=C32. The van der Waals surface area contributed by atoms with Crippen molar-refractivity contribution in [3.05, 3.63) is 93.8 Å². The van der Waals surface area contributed by atoms with Gasteiger partial charge >= 0.3 is 12.2 Å². The fourth-order valence-corrected chi connectivity index (χ4v) is 6.10. The number of hydrogen-bond acceptors (Lipinski definition) is 4. The van der Waals surface area contributed by atoms with Crippen LogP contribution < -0.4 is 5.32 Å². The number of nitrogens with zero attached hydrogens (tertiary/aromatic N) is 3. The molecular weight excluding hydrogens is 533 g/mol. The molecule has 6 rings (SSSR count). The van der Waals surface area contributed by atoms with Crippen LogP contribution in [0.3, 0.4) is 0 Å². The minimum Gasteiger partial charge on any atom is -0.368 e. The number of hydrogen-bond donors (Lipinski definition) is 1. The Bertz CT molecular complexity index is 1500. The lowest BCUT2D eigenvalue weighted by Gasteiger charge is -2.53. The number of amides is 3. The van der Waals surface area contributed by atoms with Gasteiger partial charge in [-0.15, -0.1) is 0 Å². The number of alkyl halides is 3. The number of urea groups is 1. The molecule has 1 fully saturated rings. The van der Waals surface area contributed by atoms with Crippen LogP contribution in [0.2, 0.25) is 5.02 Å². The number of amidine groups is 1. The molecule has 3 heterocycles. The predicted molar refractivity (Wildman–Crippen MR) is 138 cm³/mol. The summed E-state index contributed by atoms with van der Waals surface area (Å²) >= 11 is 6.33. The second-order valence-corrected chi connectivity index (χ2v) is 10.8. The molecule has 3 amide bonds. The molecule has 2 aromatic carbocycles. The van der Waals surface area contributed by atoms with Gasteiger partial charge in [0.2, 0.25) is 5.91 Å². The van der Waals surface area contributed by atoms with E-state index in [9.17, 15) is 22.8 Å². The van der Waals surface area contributed by atoms with E-state index < -0.39 is 40.9 Å². The van der Waals surface area contributed by atoms with Crippen molar-refractivity contribution in [3.8, 4) is 0 Å². The Hall–Kier alpha value is -3.63. The molecule has 39 heavy (non-hydrogen) atoms. The summed E-state index contributed by atoms with van der Waals surface area (Å²) in [5.74, 6) is 0.0675. The Morgan fingerprint density at radius 3 is 2.44 bits per heavy atom. The molecule has 0 bridgehead atoms. The van der Waals surface area contributed by atoms with E-state index in [4.69, 9.17) is 21.3 Å². The van der Waals surface area contributed by atoms with Crippen LogP contribution in [0.5, 0.6) is 0 Å². The van der Waals surface area contributed by atoms with Crippen LogP contribution in [-0.4, -0.2) is 46.8 Å². The first-order chi connectivity index (χ1) is 18.4. The van der Waals surface area contributed by atoms with Gasteiger partial charge in [0.15, 0.2) is 0 Å². The maximum Gasteiger partial charge on any atom is 0.416 e. The zero-order chi connectivity index (χ0) is 27.9. The summed E-state index contributed by atoms with van der Waals surface area (Å²) in [6, 6.07) is 9.90. The van der Waals surface area contributed by atoms with Gasteiger partial charge in [0, 0.05) is 12.1 Å². The third-order valence-corrected chi connectivity index (χ3v) is 8.19. The normalized spacial score (nSPS) is 29.8. The highest BCUT2D eigenvalue weighted by Crippen LogP contribution is 2.55. The molecule has 4 unspecified atom stereocenters. The Labute approximate surface area is 227 Å². The largest absolute Gasteiger partial charge is 0.416 e. The van der Waals surface area contributed by atoms with E-state index in [-0.39, 0.29) is 12.5 Å². The van der Waals surface area contributed by atoms with Gasteiger partial charge in [0.1, 0.15) is 24.0 Å². The maximum atomic E-state index is 14.2. The summed E-state index contributed by atoms with van der Waals surface area (Å²) in [6.45, 7) is 3.50. The number of benzene rings is 2. The number of halogens is 4. The van der Waals surface area contributed by atoms with Crippen molar-refractivity contribution in [1.82, 2.24) is 15.1 Å². The van der Waals surface area contributed by atoms with E-state index in [1.807, 2.05) is 19.1 Å². The van der Waals surface area contributed by atoms with Crippen molar-refractivity contribution in [1.29, 1.82) is 0 Å². The van der Waals surface area contributed by atoms with Crippen molar-refractivity contribution in [3.63, 3.8) is 0 Å². The average Bonchev–Trinajstić information content (AvgIpc) is 3.31. The Morgan fingerprint density at radius 1 is 1.08 bits per heavy atom. The highest BCUT2D eigenvalue weighted by Gasteiger charge is 2.60. The highest BCUT2D eigenvalue weighted by molar-refractivity contribution is 6.30. The monoisotopic (exact) mass is 556 g/mol. The molecule has 1 aliphatic carbocycles. The van der Waals surface area contributed by atoms with Gasteiger partial charge in [0.05, 0.1) is 28.4 Å². The summed E-state index contributed by atoms with van der Waals surface area (Å²) in [5, 5.41) is 3.34. The van der Waals surface area contributed by atoms with Crippen LogP contribution in [0.4, 0.5) is 18.0 Å². The molecule has 0 spiro atoms. The molecule has 4 atom stereocenters. The second kappa shape index (κ2) is 8.43. The fraction of sp³-hybridized carbons (Fsp3) is 0.321. The second-order valence-electron chi connectivity index (χ2n) is 10.4. The standard InChI is InChI=1S/C28H24ClF3N4O3/c1-26-11-12-27(2,39-3)22-23(26)35(14-19(37)33-22)25(38)36-21(16-5-4-6-18(29)13-16)20(34-24(26)36)15-7-9-17(10-8-15)28(30,31)32/h4-13,20-21H,14H2,1-3H3,(H,33,37). The number of methoxy groups -OCH3 is 1. The summed E-state index contributed by atoms with van der Waals surface area (Å²) < 4.78 is 45.6. The fourth-order valence-electron chi connectivity index (χ4n) is 5.91. The van der Waals surface area contributed by atoms with Crippen LogP contribution in [0.1, 0.15) is 42.6 Å². The summed E-state index contributed by atoms with van der Waals surface area (Å²) in [7, 11) is 1.52. The average molecular weight is 557 g/mol. The molecule has 3 aliphatic heterocycles. The van der Waals surface area contributed by atoms with Gasteiger partial charge in [-0.1, -0.05) is 41.9 Å². The van der Waals surface area contributed by atoms with Gasteiger partial charge in [-0.25, -0.2) is 4.79 Å². The van der Waals surface area contributed by atoms with Crippen LogP contribution in [0.25, 0.3) is 0 Å². The van der Waals surface area contributed by atoms with Gasteiger partial charge in [-0.2, -0.15) is 13.2 Å². The molecule has 0 aromatic heterocycles. The Morgan fingerprint density at radius 2 is 1.79 bits per heavy atom. The molecule has 7 nitrogen and oxygen atoms in total.